The highest BCUT2D eigenvalue weighted by molar-refractivity contribution is 5.83. The van der Waals surface area contributed by atoms with Gasteiger partial charge in [-0.1, -0.05) is 17.7 Å². The molecule has 0 radical (unpaired) electrons. The molecule has 1 N–H and O–H groups in total. The first kappa shape index (κ1) is 6.65. The molecule has 0 aromatic heterocycles. The number of carbonyl (C=O) groups is 1. The van der Waals surface area contributed by atoms with Crippen molar-refractivity contribution in [2.45, 2.75) is 25.8 Å². The largest absolute Gasteiger partial charge is 0.349 e. The topological polar surface area (TPSA) is 29.1 Å². The van der Waals surface area contributed by atoms with E-state index in [0.717, 1.165) is 6.42 Å². The van der Waals surface area contributed by atoms with Gasteiger partial charge >= 0.3 is 0 Å². The quantitative estimate of drug-likeness (QED) is 0.550. The number of hydrogen-bond acceptors (Lipinski definition) is 1. The van der Waals surface area contributed by atoms with Gasteiger partial charge in [0.15, 0.2) is 0 Å². The molecule has 2 heteroatoms. The average Bonchev–Trinajstić information content (AvgIpc) is 2.27. The summed E-state index contributed by atoms with van der Waals surface area (Å²) < 4.78 is 0. The maximum absolute atomic E-state index is 10.9. The molecular weight excluding hydrogens is 138 g/mol. The van der Waals surface area contributed by atoms with Gasteiger partial charge in [0.05, 0.1) is 6.04 Å². The zero-order chi connectivity index (χ0) is 7.84. The first-order valence-corrected chi connectivity index (χ1v) is 3.92. The molecule has 11 heavy (non-hydrogen) atoms. The second-order valence-corrected chi connectivity index (χ2v) is 3.20. The van der Waals surface area contributed by atoms with Crippen LogP contribution in [0.4, 0.5) is 0 Å². The van der Waals surface area contributed by atoms with Gasteiger partial charge < -0.3 is 5.32 Å². The number of rotatable bonds is 0. The molecule has 1 aliphatic heterocycles. The van der Waals surface area contributed by atoms with Crippen LogP contribution in [0.1, 0.15) is 19.8 Å². The third-order valence-electron chi connectivity index (χ3n) is 2.24. The van der Waals surface area contributed by atoms with E-state index in [1.165, 1.54) is 11.1 Å². The summed E-state index contributed by atoms with van der Waals surface area (Å²) in [4.78, 5) is 10.9. The van der Waals surface area contributed by atoms with Gasteiger partial charge in [0.1, 0.15) is 0 Å². The number of allylic oxidation sites excluding steroid dienone is 2. The van der Waals surface area contributed by atoms with Crippen LogP contribution in [-0.4, -0.2) is 11.9 Å². The maximum atomic E-state index is 10.9. The number of fused-ring (bicyclic) bond motifs is 1. The molecule has 0 aromatic rings. The molecule has 2 nitrogen and oxygen atoms in total. The van der Waals surface area contributed by atoms with E-state index in [0.29, 0.717) is 12.5 Å². The molecule has 1 fully saturated rings. The van der Waals surface area contributed by atoms with Crippen molar-refractivity contribution in [3.63, 3.8) is 0 Å². The van der Waals surface area contributed by atoms with Crippen LogP contribution >= 0.6 is 0 Å². The Labute approximate surface area is 66.0 Å². The SMILES string of the molecule is CC1=CCC2NC(=O)CC2=C1. The number of amides is 1. The predicted molar refractivity (Wildman–Crippen MR) is 43.0 cm³/mol. The maximum Gasteiger partial charge on any atom is 0.224 e. The minimum Gasteiger partial charge on any atom is -0.349 e. The first-order chi connectivity index (χ1) is 5.25. The summed E-state index contributed by atoms with van der Waals surface area (Å²) in [5, 5.41) is 2.92. The van der Waals surface area contributed by atoms with Crippen LogP contribution in [0.2, 0.25) is 0 Å². The third kappa shape index (κ3) is 1.09. The molecule has 0 aromatic carbocycles. The third-order valence-corrected chi connectivity index (χ3v) is 2.24. The van der Waals surface area contributed by atoms with E-state index in [1.54, 1.807) is 0 Å². The fourth-order valence-electron chi connectivity index (χ4n) is 1.66. The van der Waals surface area contributed by atoms with Gasteiger partial charge in [-0.25, -0.2) is 0 Å². The smallest absolute Gasteiger partial charge is 0.224 e. The molecule has 2 rings (SSSR count). The molecule has 0 spiro atoms. The Bertz CT molecular complexity index is 263. The Morgan fingerprint density at radius 1 is 1.64 bits per heavy atom. The van der Waals surface area contributed by atoms with E-state index in [4.69, 9.17) is 0 Å². The van der Waals surface area contributed by atoms with Crippen molar-refractivity contribution in [2.75, 3.05) is 0 Å². The molecule has 1 unspecified atom stereocenters. The van der Waals surface area contributed by atoms with Crippen LogP contribution in [0.15, 0.2) is 23.3 Å². The lowest BCUT2D eigenvalue weighted by atomic mass is 9.96. The molecular formula is C9H11NO. The Kier molecular flexibility index (Phi) is 1.34. The molecule has 0 bridgehead atoms. The van der Waals surface area contributed by atoms with Crippen LogP contribution in [0.25, 0.3) is 0 Å². The summed E-state index contributed by atoms with van der Waals surface area (Å²) in [6.45, 7) is 2.08. The van der Waals surface area contributed by atoms with E-state index in [2.05, 4.69) is 24.4 Å². The summed E-state index contributed by atoms with van der Waals surface area (Å²) >= 11 is 0. The molecule has 1 aliphatic carbocycles. The summed E-state index contributed by atoms with van der Waals surface area (Å²) in [6.07, 6.45) is 5.87. The van der Waals surface area contributed by atoms with Crippen LogP contribution in [0.3, 0.4) is 0 Å². The van der Waals surface area contributed by atoms with Gasteiger partial charge in [-0.15, -0.1) is 0 Å². The van der Waals surface area contributed by atoms with E-state index >= 15 is 0 Å². The highest BCUT2D eigenvalue weighted by atomic mass is 16.1. The second kappa shape index (κ2) is 2.22. The van der Waals surface area contributed by atoms with E-state index in [1.807, 2.05) is 0 Å². The van der Waals surface area contributed by atoms with Crippen molar-refractivity contribution in [3.05, 3.63) is 23.3 Å². The molecule has 0 saturated carbocycles. The summed E-state index contributed by atoms with van der Waals surface area (Å²) in [6, 6.07) is 0.311. The lowest BCUT2D eigenvalue weighted by Gasteiger charge is -2.14. The summed E-state index contributed by atoms with van der Waals surface area (Å²) in [7, 11) is 0. The van der Waals surface area contributed by atoms with Gasteiger partial charge in [-0.3, -0.25) is 4.79 Å². The first-order valence-electron chi connectivity index (χ1n) is 3.92. The minimum absolute atomic E-state index is 0.171. The molecule has 1 saturated heterocycles. The number of hydrogen-bond donors (Lipinski definition) is 1. The second-order valence-electron chi connectivity index (χ2n) is 3.20. The Hall–Kier alpha value is -1.05. The monoisotopic (exact) mass is 149 g/mol. The van der Waals surface area contributed by atoms with E-state index in [9.17, 15) is 4.79 Å². The molecule has 1 heterocycles. The average molecular weight is 149 g/mol. The zero-order valence-corrected chi connectivity index (χ0v) is 6.55. The fraction of sp³-hybridized carbons (Fsp3) is 0.444. The Morgan fingerprint density at radius 2 is 2.45 bits per heavy atom. The summed E-state index contributed by atoms with van der Waals surface area (Å²) in [5.41, 5.74) is 2.54. The summed E-state index contributed by atoms with van der Waals surface area (Å²) in [5.74, 6) is 0.171. The van der Waals surface area contributed by atoms with E-state index in [-0.39, 0.29) is 5.91 Å². The highest BCUT2D eigenvalue weighted by Crippen LogP contribution is 2.24. The van der Waals surface area contributed by atoms with Crippen molar-refractivity contribution in [1.82, 2.24) is 5.32 Å². The predicted octanol–water partition coefficient (Wildman–Crippen LogP) is 1.15. The van der Waals surface area contributed by atoms with Gasteiger partial charge in [0.2, 0.25) is 5.91 Å². The van der Waals surface area contributed by atoms with Gasteiger partial charge in [0, 0.05) is 6.42 Å². The van der Waals surface area contributed by atoms with Crippen LogP contribution in [0.5, 0.6) is 0 Å². The van der Waals surface area contributed by atoms with E-state index < -0.39 is 0 Å². The van der Waals surface area contributed by atoms with Crippen LogP contribution in [0, 0.1) is 0 Å². The highest BCUT2D eigenvalue weighted by Gasteiger charge is 2.26. The normalized spacial score (nSPS) is 28.8. The number of nitrogens with one attached hydrogen (secondary N) is 1. The molecule has 58 valence electrons. The van der Waals surface area contributed by atoms with Crippen molar-refractivity contribution >= 4 is 5.91 Å². The number of carbonyl (C=O) groups excluding carboxylic acids is 1. The Morgan fingerprint density at radius 3 is 3.27 bits per heavy atom. The molecule has 1 atom stereocenters. The van der Waals surface area contributed by atoms with Gasteiger partial charge in [-0.2, -0.15) is 0 Å². The zero-order valence-electron chi connectivity index (χ0n) is 6.55. The molecule has 2 aliphatic rings. The van der Waals surface area contributed by atoms with Crippen molar-refractivity contribution in [2.24, 2.45) is 0 Å². The van der Waals surface area contributed by atoms with Gasteiger partial charge in [-0.05, 0) is 18.9 Å². The lowest BCUT2D eigenvalue weighted by Crippen LogP contribution is -2.26. The van der Waals surface area contributed by atoms with Crippen LogP contribution in [-0.2, 0) is 4.79 Å². The van der Waals surface area contributed by atoms with Crippen molar-refractivity contribution < 1.29 is 4.79 Å². The van der Waals surface area contributed by atoms with Gasteiger partial charge in [0.25, 0.3) is 0 Å². The minimum atomic E-state index is 0.171. The van der Waals surface area contributed by atoms with Crippen LogP contribution < -0.4 is 5.32 Å². The standard InChI is InChI=1S/C9H11NO/c1-6-2-3-8-7(4-6)5-9(11)10-8/h2,4,8H,3,5H2,1H3,(H,10,11). The fourth-order valence-corrected chi connectivity index (χ4v) is 1.66. The molecule has 1 amide bonds. The Balaban J connectivity index is 2.26. The van der Waals surface area contributed by atoms with Crippen molar-refractivity contribution in [1.29, 1.82) is 0 Å². The lowest BCUT2D eigenvalue weighted by molar-refractivity contribution is -0.119. The van der Waals surface area contributed by atoms with Crippen molar-refractivity contribution in [3.8, 4) is 0 Å².